The first kappa shape index (κ1) is 14.8. The summed E-state index contributed by atoms with van der Waals surface area (Å²) in [5.74, 6) is 0.625. The van der Waals surface area contributed by atoms with Gasteiger partial charge in [-0.3, -0.25) is 5.43 Å². The van der Waals surface area contributed by atoms with Crippen molar-refractivity contribution in [2.24, 2.45) is 11.0 Å². The number of rotatable bonds is 2. The van der Waals surface area contributed by atoms with Crippen LogP contribution in [0.5, 0.6) is 0 Å². The molecule has 0 fully saturated rings. The van der Waals surface area contributed by atoms with Crippen molar-refractivity contribution in [1.82, 2.24) is 5.43 Å². The molecule has 23 heavy (non-hydrogen) atoms. The molecule has 1 aliphatic heterocycles. The molecule has 0 amide bonds. The van der Waals surface area contributed by atoms with Crippen LogP contribution < -0.4 is 5.43 Å². The Morgan fingerprint density at radius 1 is 1.26 bits per heavy atom. The fraction of sp³-hybridized carbons (Fsp3) is 0.350. The largest absolute Gasteiger partial charge is 0.288 e. The third kappa shape index (κ3) is 2.78. The molecule has 1 aromatic rings. The normalized spacial score (nSPS) is 29.3. The highest BCUT2D eigenvalue weighted by Crippen LogP contribution is 2.42. The standard InChI is InChI=1S/C20H22N2S/c1-14-7-9-16(10-8-14)19-21-22-20(2,23-19)18-12-11-15-5-3-4-6-17(15)13-18/h6-13,15,22H,3-5H2,1-2H3. The van der Waals surface area contributed by atoms with Gasteiger partial charge in [0, 0.05) is 11.5 Å². The monoisotopic (exact) mass is 322 g/mol. The van der Waals surface area contributed by atoms with Crippen molar-refractivity contribution >= 4 is 16.8 Å². The molecule has 3 aliphatic rings. The van der Waals surface area contributed by atoms with E-state index >= 15 is 0 Å². The summed E-state index contributed by atoms with van der Waals surface area (Å²) in [6.07, 6.45) is 13.3. The van der Waals surface area contributed by atoms with Crippen LogP contribution in [0, 0.1) is 12.8 Å². The van der Waals surface area contributed by atoms with Crippen molar-refractivity contribution in [1.29, 1.82) is 0 Å². The third-order valence-corrected chi connectivity index (χ3v) is 6.13. The number of thioether (sulfide) groups is 1. The zero-order valence-electron chi connectivity index (χ0n) is 13.7. The zero-order chi connectivity index (χ0) is 15.9. The summed E-state index contributed by atoms with van der Waals surface area (Å²) in [5.41, 5.74) is 8.64. The van der Waals surface area contributed by atoms with Crippen molar-refractivity contribution in [2.75, 3.05) is 0 Å². The van der Waals surface area contributed by atoms with Gasteiger partial charge in [0.25, 0.3) is 0 Å². The van der Waals surface area contributed by atoms with Gasteiger partial charge in [-0.25, -0.2) is 0 Å². The lowest BCUT2D eigenvalue weighted by atomic mass is 9.82. The minimum Gasteiger partial charge on any atom is -0.288 e. The summed E-state index contributed by atoms with van der Waals surface area (Å²) in [4.78, 5) is -0.181. The molecule has 4 rings (SSSR count). The van der Waals surface area contributed by atoms with E-state index in [0.717, 1.165) is 5.04 Å². The van der Waals surface area contributed by atoms with E-state index in [1.54, 1.807) is 0 Å². The maximum Gasteiger partial charge on any atom is 0.128 e. The highest BCUT2D eigenvalue weighted by molar-refractivity contribution is 8.16. The average Bonchev–Trinajstić information content (AvgIpc) is 2.99. The number of nitrogens with zero attached hydrogens (tertiary/aromatic N) is 1. The molecule has 118 valence electrons. The number of nitrogens with one attached hydrogen (secondary N) is 1. The van der Waals surface area contributed by atoms with E-state index in [9.17, 15) is 0 Å². The lowest BCUT2D eigenvalue weighted by Gasteiger charge is -2.30. The van der Waals surface area contributed by atoms with Crippen molar-refractivity contribution in [3.05, 3.63) is 70.8 Å². The Morgan fingerprint density at radius 2 is 2.09 bits per heavy atom. The van der Waals surface area contributed by atoms with Gasteiger partial charge in [0.1, 0.15) is 9.91 Å². The molecular formula is C20H22N2S. The summed E-state index contributed by atoms with van der Waals surface area (Å²) in [6, 6.07) is 8.59. The first-order valence-corrected chi connectivity index (χ1v) is 9.17. The molecule has 2 unspecified atom stereocenters. The number of benzene rings is 1. The van der Waals surface area contributed by atoms with Crippen LogP contribution in [0.1, 0.15) is 37.3 Å². The predicted molar refractivity (Wildman–Crippen MR) is 99.5 cm³/mol. The second kappa shape index (κ2) is 5.72. The summed E-state index contributed by atoms with van der Waals surface area (Å²) in [6.45, 7) is 4.34. The van der Waals surface area contributed by atoms with Crippen molar-refractivity contribution in [3.8, 4) is 0 Å². The van der Waals surface area contributed by atoms with E-state index in [1.165, 1.54) is 41.5 Å². The summed E-state index contributed by atoms with van der Waals surface area (Å²) in [7, 11) is 0. The van der Waals surface area contributed by atoms with Gasteiger partial charge in [-0.1, -0.05) is 65.9 Å². The van der Waals surface area contributed by atoms with Gasteiger partial charge >= 0.3 is 0 Å². The van der Waals surface area contributed by atoms with E-state index in [4.69, 9.17) is 0 Å². The Hall–Kier alpha value is -1.74. The van der Waals surface area contributed by atoms with Crippen LogP contribution in [-0.2, 0) is 0 Å². The Morgan fingerprint density at radius 3 is 2.91 bits per heavy atom. The number of hydrazone groups is 1. The summed E-state index contributed by atoms with van der Waals surface area (Å²) >= 11 is 1.81. The number of aryl methyl sites for hydroxylation is 1. The second-order valence-corrected chi connectivity index (χ2v) is 8.14. The lowest BCUT2D eigenvalue weighted by molar-refractivity contribution is 0.584. The van der Waals surface area contributed by atoms with Crippen LogP contribution in [0.15, 0.2) is 64.8 Å². The Kier molecular flexibility index (Phi) is 3.68. The highest BCUT2D eigenvalue weighted by atomic mass is 32.2. The molecule has 0 radical (unpaired) electrons. The van der Waals surface area contributed by atoms with Gasteiger partial charge in [0.2, 0.25) is 0 Å². The summed E-state index contributed by atoms with van der Waals surface area (Å²) < 4.78 is 0. The van der Waals surface area contributed by atoms with Crippen molar-refractivity contribution < 1.29 is 0 Å². The molecule has 3 heteroatoms. The van der Waals surface area contributed by atoms with Gasteiger partial charge in [0.05, 0.1) is 0 Å². The number of fused-ring (bicyclic) bond motifs is 1. The quantitative estimate of drug-likeness (QED) is 0.834. The van der Waals surface area contributed by atoms with Gasteiger partial charge in [0.15, 0.2) is 0 Å². The van der Waals surface area contributed by atoms with Gasteiger partial charge < -0.3 is 0 Å². The molecule has 1 N–H and O–H groups in total. The van der Waals surface area contributed by atoms with E-state index in [2.05, 4.69) is 72.9 Å². The number of hydrogen-bond acceptors (Lipinski definition) is 3. The van der Waals surface area contributed by atoms with Gasteiger partial charge in [-0.2, -0.15) is 5.10 Å². The number of hydrogen-bond donors (Lipinski definition) is 1. The molecule has 2 atom stereocenters. The molecule has 0 spiro atoms. The van der Waals surface area contributed by atoms with Crippen LogP contribution >= 0.6 is 11.8 Å². The van der Waals surface area contributed by atoms with Crippen LogP contribution in [0.2, 0.25) is 0 Å². The van der Waals surface area contributed by atoms with Crippen molar-refractivity contribution in [3.63, 3.8) is 0 Å². The summed E-state index contributed by atoms with van der Waals surface area (Å²) in [5, 5.41) is 5.67. The molecule has 1 aromatic carbocycles. The fourth-order valence-electron chi connectivity index (χ4n) is 3.38. The fourth-order valence-corrected chi connectivity index (χ4v) is 4.45. The van der Waals surface area contributed by atoms with Crippen LogP contribution in [-0.4, -0.2) is 9.91 Å². The van der Waals surface area contributed by atoms with E-state index in [-0.39, 0.29) is 4.87 Å². The third-order valence-electron chi connectivity index (χ3n) is 4.88. The first-order chi connectivity index (χ1) is 11.1. The average molecular weight is 322 g/mol. The van der Waals surface area contributed by atoms with Crippen LogP contribution in [0.4, 0.5) is 0 Å². The van der Waals surface area contributed by atoms with E-state index in [0.29, 0.717) is 5.92 Å². The maximum atomic E-state index is 4.60. The Bertz CT molecular complexity index is 739. The van der Waals surface area contributed by atoms with Crippen molar-refractivity contribution in [2.45, 2.75) is 38.0 Å². The topological polar surface area (TPSA) is 24.4 Å². The van der Waals surface area contributed by atoms with Crippen LogP contribution in [0.25, 0.3) is 0 Å². The SMILES string of the molecule is Cc1ccc(C2=NNC(C)(C3=CC4=CCCCC4C=C3)S2)cc1. The van der Waals surface area contributed by atoms with Crippen LogP contribution in [0.3, 0.4) is 0 Å². The second-order valence-electron chi connectivity index (χ2n) is 6.73. The van der Waals surface area contributed by atoms with E-state index in [1.807, 2.05) is 11.8 Å². The smallest absolute Gasteiger partial charge is 0.128 e. The molecule has 0 saturated carbocycles. The molecule has 0 bridgehead atoms. The maximum absolute atomic E-state index is 4.60. The van der Waals surface area contributed by atoms with Gasteiger partial charge in [-0.05, 0) is 44.3 Å². The predicted octanol–water partition coefficient (Wildman–Crippen LogP) is 4.93. The first-order valence-electron chi connectivity index (χ1n) is 8.35. The highest BCUT2D eigenvalue weighted by Gasteiger charge is 2.36. The van der Waals surface area contributed by atoms with Gasteiger partial charge in [-0.15, -0.1) is 0 Å². The van der Waals surface area contributed by atoms with E-state index < -0.39 is 0 Å². The Labute approximate surface area is 142 Å². The molecule has 0 aromatic heterocycles. The lowest BCUT2D eigenvalue weighted by Crippen LogP contribution is -2.34. The Balaban J connectivity index is 1.57. The minimum atomic E-state index is -0.181. The molecule has 2 nitrogen and oxygen atoms in total. The zero-order valence-corrected chi connectivity index (χ0v) is 14.5. The molecule has 2 aliphatic carbocycles. The molecular weight excluding hydrogens is 300 g/mol. The molecule has 1 heterocycles. The number of allylic oxidation sites excluding steroid dienone is 4. The minimum absolute atomic E-state index is 0.181. The molecule has 0 saturated heterocycles.